The molecule has 1 unspecified atom stereocenters. The van der Waals surface area contributed by atoms with Crippen LogP contribution in [-0.2, 0) is 11.3 Å². The highest BCUT2D eigenvalue weighted by Gasteiger charge is 2.26. The Morgan fingerprint density at radius 2 is 2.00 bits per heavy atom. The monoisotopic (exact) mass is 270 g/mol. The summed E-state index contributed by atoms with van der Waals surface area (Å²) in [6.07, 6.45) is 2.27. The standard InChI is InChI=1S/C17H22N2O/c1-17(7-4-8-20-12-17)19-11-15-9-13-5-2-3-6-14(13)10-16(15)18/h2-3,5-6,9-10,19H,4,7-8,11-12,18H2,1H3. The molecule has 1 saturated heterocycles. The number of fused-ring (bicyclic) bond motifs is 1. The van der Waals surface area contributed by atoms with Gasteiger partial charge in [-0.1, -0.05) is 24.3 Å². The van der Waals surface area contributed by atoms with Gasteiger partial charge in [0.2, 0.25) is 0 Å². The van der Waals surface area contributed by atoms with Gasteiger partial charge in [-0.2, -0.15) is 0 Å². The van der Waals surface area contributed by atoms with Gasteiger partial charge in [0.25, 0.3) is 0 Å². The van der Waals surface area contributed by atoms with E-state index in [0.717, 1.165) is 43.9 Å². The molecule has 3 nitrogen and oxygen atoms in total. The van der Waals surface area contributed by atoms with Crippen LogP contribution in [-0.4, -0.2) is 18.8 Å². The normalized spacial score (nSPS) is 23.1. The number of ether oxygens (including phenoxy) is 1. The van der Waals surface area contributed by atoms with Crippen molar-refractivity contribution in [1.29, 1.82) is 0 Å². The van der Waals surface area contributed by atoms with E-state index in [9.17, 15) is 0 Å². The second kappa shape index (κ2) is 5.43. The average Bonchev–Trinajstić information content (AvgIpc) is 2.46. The smallest absolute Gasteiger partial charge is 0.0645 e. The van der Waals surface area contributed by atoms with Gasteiger partial charge in [0.05, 0.1) is 6.61 Å². The maximum absolute atomic E-state index is 6.17. The van der Waals surface area contributed by atoms with Gasteiger partial charge in [-0.3, -0.25) is 0 Å². The lowest BCUT2D eigenvalue weighted by Crippen LogP contribution is -2.48. The van der Waals surface area contributed by atoms with E-state index in [0.29, 0.717) is 0 Å². The van der Waals surface area contributed by atoms with E-state index < -0.39 is 0 Å². The van der Waals surface area contributed by atoms with Crippen molar-refractivity contribution < 1.29 is 4.74 Å². The minimum atomic E-state index is 0.0658. The molecule has 0 amide bonds. The molecule has 2 aromatic rings. The number of anilines is 1. The molecule has 3 rings (SSSR count). The molecule has 0 aliphatic carbocycles. The minimum Gasteiger partial charge on any atom is -0.398 e. The fraction of sp³-hybridized carbons (Fsp3) is 0.412. The van der Waals surface area contributed by atoms with Crippen LogP contribution in [0.4, 0.5) is 5.69 Å². The largest absolute Gasteiger partial charge is 0.398 e. The Balaban J connectivity index is 1.78. The molecule has 2 aromatic carbocycles. The summed E-state index contributed by atoms with van der Waals surface area (Å²) < 4.78 is 5.58. The Labute approximate surface area is 120 Å². The first-order valence-corrected chi connectivity index (χ1v) is 7.26. The predicted molar refractivity (Wildman–Crippen MR) is 83.7 cm³/mol. The molecule has 1 aliphatic rings. The first-order valence-electron chi connectivity index (χ1n) is 7.26. The van der Waals surface area contributed by atoms with Gasteiger partial charge in [0, 0.05) is 24.4 Å². The SMILES string of the molecule is CC1(NCc2cc3ccccc3cc2N)CCCOC1. The summed E-state index contributed by atoms with van der Waals surface area (Å²) in [7, 11) is 0. The van der Waals surface area contributed by atoms with E-state index in [4.69, 9.17) is 10.5 Å². The molecule has 0 saturated carbocycles. The third-order valence-corrected chi connectivity index (χ3v) is 4.15. The molecule has 0 radical (unpaired) electrons. The number of nitrogen functional groups attached to an aromatic ring is 1. The van der Waals surface area contributed by atoms with Crippen molar-refractivity contribution in [3.8, 4) is 0 Å². The first kappa shape index (κ1) is 13.4. The molecule has 0 bridgehead atoms. The Bertz CT molecular complexity index is 603. The lowest BCUT2D eigenvalue weighted by Gasteiger charge is -2.34. The molecule has 1 heterocycles. The molecule has 1 fully saturated rings. The van der Waals surface area contributed by atoms with Crippen molar-refractivity contribution in [2.75, 3.05) is 18.9 Å². The van der Waals surface area contributed by atoms with Crippen LogP contribution in [0.2, 0.25) is 0 Å². The number of hydrogen-bond donors (Lipinski definition) is 2. The molecular weight excluding hydrogens is 248 g/mol. The van der Waals surface area contributed by atoms with Crippen molar-refractivity contribution in [3.05, 3.63) is 42.0 Å². The van der Waals surface area contributed by atoms with Gasteiger partial charge in [-0.15, -0.1) is 0 Å². The fourth-order valence-corrected chi connectivity index (χ4v) is 2.84. The molecule has 0 spiro atoms. The number of rotatable bonds is 3. The number of benzene rings is 2. The molecule has 106 valence electrons. The van der Waals surface area contributed by atoms with Crippen molar-refractivity contribution >= 4 is 16.5 Å². The summed E-state index contributed by atoms with van der Waals surface area (Å²) in [4.78, 5) is 0. The summed E-state index contributed by atoms with van der Waals surface area (Å²) in [5.41, 5.74) is 8.26. The number of nitrogens with one attached hydrogen (secondary N) is 1. The Morgan fingerprint density at radius 3 is 2.70 bits per heavy atom. The second-order valence-electron chi connectivity index (χ2n) is 5.97. The van der Waals surface area contributed by atoms with Gasteiger partial charge in [-0.05, 0) is 48.2 Å². The molecule has 0 aromatic heterocycles. The van der Waals surface area contributed by atoms with Crippen molar-refractivity contribution in [3.63, 3.8) is 0 Å². The van der Waals surface area contributed by atoms with E-state index in [-0.39, 0.29) is 5.54 Å². The summed E-state index contributed by atoms with van der Waals surface area (Å²) in [6, 6.07) is 12.6. The highest BCUT2D eigenvalue weighted by molar-refractivity contribution is 5.86. The minimum absolute atomic E-state index is 0.0658. The molecule has 3 N–H and O–H groups in total. The van der Waals surface area contributed by atoms with Gasteiger partial charge in [0.1, 0.15) is 0 Å². The topological polar surface area (TPSA) is 47.3 Å². The third-order valence-electron chi connectivity index (χ3n) is 4.15. The molecular formula is C17H22N2O. The first-order chi connectivity index (χ1) is 9.66. The van der Waals surface area contributed by atoms with E-state index in [1.165, 1.54) is 10.8 Å². The van der Waals surface area contributed by atoms with Gasteiger partial charge in [0.15, 0.2) is 0 Å². The van der Waals surface area contributed by atoms with Crippen LogP contribution >= 0.6 is 0 Å². The summed E-state index contributed by atoms with van der Waals surface area (Å²) in [6.45, 7) is 4.68. The zero-order valence-electron chi connectivity index (χ0n) is 12.0. The van der Waals surface area contributed by atoms with E-state index in [2.05, 4.69) is 42.6 Å². The lowest BCUT2D eigenvalue weighted by atomic mass is 9.94. The van der Waals surface area contributed by atoms with Crippen LogP contribution in [0.1, 0.15) is 25.3 Å². The van der Waals surface area contributed by atoms with Crippen LogP contribution in [0.5, 0.6) is 0 Å². The van der Waals surface area contributed by atoms with Crippen LogP contribution in [0.15, 0.2) is 36.4 Å². The van der Waals surface area contributed by atoms with Crippen LogP contribution in [0, 0.1) is 0 Å². The summed E-state index contributed by atoms with van der Waals surface area (Å²) >= 11 is 0. The average molecular weight is 270 g/mol. The van der Waals surface area contributed by atoms with E-state index >= 15 is 0 Å². The highest BCUT2D eigenvalue weighted by Crippen LogP contribution is 2.24. The molecule has 3 heteroatoms. The third kappa shape index (κ3) is 2.79. The second-order valence-corrected chi connectivity index (χ2v) is 5.97. The number of nitrogens with two attached hydrogens (primary N) is 1. The van der Waals surface area contributed by atoms with E-state index in [1.807, 2.05) is 6.07 Å². The summed E-state index contributed by atoms with van der Waals surface area (Å²) in [5.74, 6) is 0. The number of hydrogen-bond acceptors (Lipinski definition) is 3. The van der Waals surface area contributed by atoms with Crippen molar-refractivity contribution in [2.45, 2.75) is 31.8 Å². The van der Waals surface area contributed by atoms with Crippen molar-refractivity contribution in [1.82, 2.24) is 5.32 Å². The zero-order valence-corrected chi connectivity index (χ0v) is 12.0. The summed E-state index contributed by atoms with van der Waals surface area (Å²) in [5, 5.41) is 6.05. The Hall–Kier alpha value is -1.58. The molecule has 20 heavy (non-hydrogen) atoms. The Morgan fingerprint density at radius 1 is 1.25 bits per heavy atom. The molecule has 1 aliphatic heterocycles. The predicted octanol–water partition coefficient (Wildman–Crippen LogP) is 3.08. The quantitative estimate of drug-likeness (QED) is 0.843. The highest BCUT2D eigenvalue weighted by atomic mass is 16.5. The van der Waals surface area contributed by atoms with Gasteiger partial charge >= 0.3 is 0 Å². The van der Waals surface area contributed by atoms with Crippen LogP contribution < -0.4 is 11.1 Å². The van der Waals surface area contributed by atoms with Crippen LogP contribution in [0.25, 0.3) is 10.8 Å². The van der Waals surface area contributed by atoms with Crippen molar-refractivity contribution in [2.24, 2.45) is 0 Å². The van der Waals surface area contributed by atoms with Gasteiger partial charge in [-0.25, -0.2) is 0 Å². The maximum Gasteiger partial charge on any atom is 0.0645 e. The lowest BCUT2D eigenvalue weighted by molar-refractivity contribution is 0.0278. The molecule has 1 atom stereocenters. The zero-order chi connectivity index (χ0) is 14.0. The maximum atomic E-state index is 6.17. The van der Waals surface area contributed by atoms with Gasteiger partial charge < -0.3 is 15.8 Å². The Kier molecular flexibility index (Phi) is 3.64. The fourth-order valence-electron chi connectivity index (χ4n) is 2.84. The van der Waals surface area contributed by atoms with Crippen LogP contribution in [0.3, 0.4) is 0 Å². The van der Waals surface area contributed by atoms with E-state index in [1.54, 1.807) is 0 Å².